The minimum Gasteiger partial charge on any atom is -0.481 e. The average molecular weight is 390 g/mol. The van der Waals surface area contributed by atoms with E-state index in [0.29, 0.717) is 25.1 Å². The third-order valence-corrected chi connectivity index (χ3v) is 4.34. The quantitative estimate of drug-likeness (QED) is 0.488. The first-order valence-electron chi connectivity index (χ1n) is 6.33. The van der Waals surface area contributed by atoms with Crippen molar-refractivity contribution in [1.29, 1.82) is 0 Å². The Morgan fingerprint density at radius 1 is 1.55 bits per heavy atom. The molecule has 0 amide bonds. The monoisotopic (exact) mass is 390 g/mol. The fourth-order valence-corrected chi connectivity index (χ4v) is 3.11. The smallest absolute Gasteiger partial charge is 0.306 e. The lowest BCUT2D eigenvalue weighted by atomic mass is 9.91. The van der Waals surface area contributed by atoms with Gasteiger partial charge in [-0.2, -0.15) is 0 Å². The van der Waals surface area contributed by atoms with Crippen LogP contribution in [0.4, 0.5) is 11.4 Å². The molecule has 1 heterocycles. The van der Waals surface area contributed by atoms with E-state index < -0.39 is 5.97 Å². The molecule has 0 radical (unpaired) electrons. The molecule has 1 aliphatic rings. The van der Waals surface area contributed by atoms with Gasteiger partial charge in [-0.25, -0.2) is 0 Å². The largest absolute Gasteiger partial charge is 0.481 e. The van der Waals surface area contributed by atoms with Crippen molar-refractivity contribution in [3.63, 3.8) is 0 Å². The van der Waals surface area contributed by atoms with Gasteiger partial charge in [0.2, 0.25) is 0 Å². The van der Waals surface area contributed by atoms with Gasteiger partial charge in [0, 0.05) is 22.2 Å². The molecule has 1 aromatic carbocycles. The number of rotatable bonds is 3. The molecular weight excluding hydrogens is 375 g/mol. The zero-order valence-electron chi connectivity index (χ0n) is 11.0. The molecule has 0 bridgehead atoms. The van der Waals surface area contributed by atoms with Crippen LogP contribution in [0.25, 0.3) is 0 Å². The number of benzene rings is 1. The van der Waals surface area contributed by atoms with Gasteiger partial charge in [0.15, 0.2) is 0 Å². The maximum absolute atomic E-state index is 11.2. The molecule has 2 atom stereocenters. The summed E-state index contributed by atoms with van der Waals surface area (Å²) >= 11 is 2.04. The number of hydrogen-bond donors (Lipinski definition) is 1. The first kappa shape index (κ1) is 15.0. The molecular formula is C13H15IN2O4. The fraction of sp³-hybridized carbons (Fsp3) is 0.462. The van der Waals surface area contributed by atoms with Gasteiger partial charge in [0.25, 0.3) is 5.69 Å². The predicted octanol–water partition coefficient (Wildman–Crippen LogP) is 2.89. The summed E-state index contributed by atoms with van der Waals surface area (Å²) in [4.78, 5) is 23.8. The van der Waals surface area contributed by atoms with E-state index in [4.69, 9.17) is 5.11 Å². The van der Waals surface area contributed by atoms with Gasteiger partial charge in [-0.3, -0.25) is 14.9 Å². The second kappa shape index (κ2) is 5.94. The minimum absolute atomic E-state index is 0.0244. The van der Waals surface area contributed by atoms with Crippen LogP contribution in [0, 0.1) is 19.6 Å². The van der Waals surface area contributed by atoms with E-state index in [2.05, 4.69) is 0 Å². The third kappa shape index (κ3) is 3.02. The van der Waals surface area contributed by atoms with E-state index in [0.717, 1.165) is 3.57 Å². The summed E-state index contributed by atoms with van der Waals surface area (Å²) in [7, 11) is 0. The number of nitro groups is 1. The van der Waals surface area contributed by atoms with Crippen LogP contribution >= 0.6 is 22.6 Å². The van der Waals surface area contributed by atoms with E-state index in [1.807, 2.05) is 40.5 Å². The maximum atomic E-state index is 11.2. The van der Waals surface area contributed by atoms with Crippen LogP contribution in [0.1, 0.15) is 19.8 Å². The molecule has 0 saturated carbocycles. The second-order valence-electron chi connectivity index (χ2n) is 4.99. The third-order valence-electron chi connectivity index (χ3n) is 3.67. The van der Waals surface area contributed by atoms with Crippen LogP contribution < -0.4 is 4.90 Å². The van der Waals surface area contributed by atoms with Gasteiger partial charge in [0.05, 0.1) is 10.8 Å². The number of hydrogen-bond acceptors (Lipinski definition) is 4. The zero-order valence-corrected chi connectivity index (χ0v) is 13.1. The molecule has 7 heteroatoms. The van der Waals surface area contributed by atoms with Gasteiger partial charge in [-0.15, -0.1) is 0 Å². The molecule has 1 saturated heterocycles. The Morgan fingerprint density at radius 3 is 2.80 bits per heavy atom. The number of carboxylic acids is 1. The van der Waals surface area contributed by atoms with Crippen LogP contribution in [0.2, 0.25) is 0 Å². The highest BCUT2D eigenvalue weighted by atomic mass is 127. The Labute approximate surface area is 130 Å². The number of anilines is 1. The Balaban J connectivity index is 2.29. The summed E-state index contributed by atoms with van der Waals surface area (Å²) in [5, 5.41) is 20.2. The second-order valence-corrected chi connectivity index (χ2v) is 6.24. The molecule has 108 valence electrons. The highest BCUT2D eigenvalue weighted by Gasteiger charge is 2.32. The maximum Gasteiger partial charge on any atom is 0.306 e. The Hall–Kier alpha value is -1.38. The van der Waals surface area contributed by atoms with Gasteiger partial charge in [0.1, 0.15) is 5.69 Å². The summed E-state index contributed by atoms with van der Waals surface area (Å²) in [5.41, 5.74) is 0.657. The Bertz CT molecular complexity index is 549. The fourth-order valence-electron chi connectivity index (χ4n) is 2.64. The van der Waals surface area contributed by atoms with Crippen LogP contribution in [0.5, 0.6) is 0 Å². The van der Waals surface area contributed by atoms with Crippen molar-refractivity contribution in [3.05, 3.63) is 31.9 Å². The first-order chi connectivity index (χ1) is 9.40. The van der Waals surface area contributed by atoms with Crippen molar-refractivity contribution in [2.24, 2.45) is 5.92 Å². The zero-order chi connectivity index (χ0) is 14.9. The first-order valence-corrected chi connectivity index (χ1v) is 7.41. The molecule has 20 heavy (non-hydrogen) atoms. The number of nitrogens with zero attached hydrogens (tertiary/aromatic N) is 2. The Kier molecular flexibility index (Phi) is 4.46. The molecule has 6 nitrogen and oxygen atoms in total. The highest BCUT2D eigenvalue weighted by Crippen LogP contribution is 2.35. The summed E-state index contributed by atoms with van der Waals surface area (Å²) in [6.07, 6.45) is 1.03. The van der Waals surface area contributed by atoms with Crippen molar-refractivity contribution < 1.29 is 14.8 Å². The minimum atomic E-state index is -0.784. The summed E-state index contributed by atoms with van der Waals surface area (Å²) in [6, 6.07) is 5.10. The predicted molar refractivity (Wildman–Crippen MR) is 83.0 cm³/mol. The van der Waals surface area contributed by atoms with Gasteiger partial charge < -0.3 is 10.0 Å². The number of piperidine rings is 1. The number of nitro benzene ring substituents is 1. The molecule has 1 fully saturated rings. The van der Waals surface area contributed by atoms with Crippen LogP contribution in [-0.2, 0) is 4.79 Å². The van der Waals surface area contributed by atoms with Gasteiger partial charge >= 0.3 is 5.97 Å². The van der Waals surface area contributed by atoms with Crippen molar-refractivity contribution in [2.75, 3.05) is 11.4 Å². The summed E-state index contributed by atoms with van der Waals surface area (Å²) < 4.78 is 0.811. The van der Waals surface area contributed by atoms with E-state index in [1.165, 1.54) is 0 Å². The number of halogens is 1. The number of aliphatic carboxylic acids is 1. The van der Waals surface area contributed by atoms with Crippen molar-refractivity contribution >= 4 is 39.9 Å². The van der Waals surface area contributed by atoms with E-state index in [1.54, 1.807) is 12.1 Å². The van der Waals surface area contributed by atoms with Crippen LogP contribution in [-0.4, -0.2) is 28.6 Å². The lowest BCUT2D eigenvalue weighted by molar-refractivity contribution is -0.384. The number of carboxylic acid groups (broad SMARTS) is 1. The SMILES string of the molecule is CC1CC(C(=O)O)CCN1c1ccc(I)cc1[N+](=O)[O-]. The molecule has 2 rings (SSSR count). The standard InChI is InChI=1S/C13H15IN2O4/c1-8-6-9(13(17)18)4-5-15(8)11-3-2-10(14)7-12(11)16(19)20/h2-3,7-9H,4-6H2,1H3,(H,17,18). The van der Waals surface area contributed by atoms with Crippen LogP contribution in [0.15, 0.2) is 18.2 Å². The summed E-state index contributed by atoms with van der Waals surface area (Å²) in [6.45, 7) is 2.44. The molecule has 2 unspecified atom stereocenters. The van der Waals surface area contributed by atoms with Gasteiger partial charge in [-0.05, 0) is 54.5 Å². The van der Waals surface area contributed by atoms with Gasteiger partial charge in [-0.1, -0.05) is 0 Å². The molecule has 1 N–H and O–H groups in total. The van der Waals surface area contributed by atoms with Crippen LogP contribution in [0.3, 0.4) is 0 Å². The molecule has 1 aromatic rings. The lowest BCUT2D eigenvalue weighted by Gasteiger charge is -2.37. The van der Waals surface area contributed by atoms with E-state index in [-0.39, 0.29) is 22.6 Å². The molecule has 0 aromatic heterocycles. The van der Waals surface area contributed by atoms with Crippen molar-refractivity contribution in [3.8, 4) is 0 Å². The van der Waals surface area contributed by atoms with E-state index in [9.17, 15) is 14.9 Å². The van der Waals surface area contributed by atoms with E-state index >= 15 is 0 Å². The molecule has 0 aliphatic carbocycles. The topological polar surface area (TPSA) is 83.7 Å². The molecule has 1 aliphatic heterocycles. The average Bonchev–Trinajstić information content (AvgIpc) is 2.38. The number of carbonyl (C=O) groups is 1. The molecule has 0 spiro atoms. The normalized spacial score (nSPS) is 22.6. The van der Waals surface area contributed by atoms with Crippen molar-refractivity contribution in [2.45, 2.75) is 25.8 Å². The van der Waals surface area contributed by atoms with Crippen molar-refractivity contribution in [1.82, 2.24) is 0 Å². The highest BCUT2D eigenvalue weighted by molar-refractivity contribution is 14.1. The lowest BCUT2D eigenvalue weighted by Crippen LogP contribution is -2.43. The summed E-state index contributed by atoms with van der Waals surface area (Å²) in [5.74, 6) is -1.14. The Morgan fingerprint density at radius 2 is 2.25 bits per heavy atom.